The fourth-order valence-electron chi connectivity index (χ4n) is 6.37. The number of hydrogen-bond donors (Lipinski definition) is 2. The first-order chi connectivity index (χ1) is 19.0. The Balaban J connectivity index is 0.000000158. The number of aromatic nitrogens is 2. The summed E-state index contributed by atoms with van der Waals surface area (Å²) in [6, 6.07) is 11.5. The predicted octanol–water partition coefficient (Wildman–Crippen LogP) is 8.77. The first-order valence-electron chi connectivity index (χ1n) is 14.1. The van der Waals surface area contributed by atoms with Crippen molar-refractivity contribution in [3.05, 3.63) is 69.5 Å². The van der Waals surface area contributed by atoms with Crippen molar-refractivity contribution < 1.29 is 19.1 Å². The number of H-pyrrole nitrogens is 2. The third kappa shape index (κ3) is 5.93. The Kier molecular flexibility index (Phi) is 8.75. The number of carbonyl (C=O) groups excluding carboxylic acids is 2. The van der Waals surface area contributed by atoms with Gasteiger partial charge in [0.15, 0.2) is 0 Å². The van der Waals surface area contributed by atoms with E-state index in [0.29, 0.717) is 23.0 Å². The minimum Gasteiger partial charge on any atom is -0.465 e. The van der Waals surface area contributed by atoms with Gasteiger partial charge in [-0.2, -0.15) is 0 Å². The molecule has 0 spiro atoms. The van der Waals surface area contributed by atoms with Gasteiger partial charge in [-0.15, -0.1) is 0 Å². The van der Waals surface area contributed by atoms with Crippen LogP contribution in [0.4, 0.5) is 0 Å². The van der Waals surface area contributed by atoms with E-state index in [0.717, 1.165) is 15.6 Å². The molecule has 4 aromatic rings. The summed E-state index contributed by atoms with van der Waals surface area (Å²) < 4.78 is 10.6. The lowest BCUT2D eigenvalue weighted by Crippen LogP contribution is -2.04. The summed E-state index contributed by atoms with van der Waals surface area (Å²) in [5.74, 6) is 0.717. The lowest BCUT2D eigenvalue weighted by atomic mass is 9.84. The smallest absolute Gasteiger partial charge is 0.337 e. The van der Waals surface area contributed by atoms with Crippen LogP contribution in [0.5, 0.6) is 0 Å². The Bertz CT molecular complexity index is 1460. The van der Waals surface area contributed by atoms with Crippen LogP contribution >= 0.6 is 15.9 Å². The molecule has 2 aliphatic rings. The summed E-state index contributed by atoms with van der Waals surface area (Å²) in [5, 5.41) is 2.47. The molecule has 2 N–H and O–H groups in total. The highest BCUT2D eigenvalue weighted by Crippen LogP contribution is 2.41. The van der Waals surface area contributed by atoms with Crippen molar-refractivity contribution in [1.82, 2.24) is 9.97 Å². The highest BCUT2D eigenvalue weighted by molar-refractivity contribution is 9.10. The number of nitrogens with one attached hydrogen (secondary N) is 2. The van der Waals surface area contributed by atoms with Crippen molar-refractivity contribution in [2.45, 2.75) is 76.0 Å². The van der Waals surface area contributed by atoms with E-state index in [-0.39, 0.29) is 11.9 Å². The van der Waals surface area contributed by atoms with Crippen molar-refractivity contribution >= 4 is 49.7 Å². The number of methoxy groups -OCH3 is 2. The van der Waals surface area contributed by atoms with E-state index in [1.807, 2.05) is 36.4 Å². The Hall–Kier alpha value is -3.06. The maximum atomic E-state index is 11.6. The number of fused-ring (bicyclic) bond motifs is 2. The molecule has 2 aliphatic carbocycles. The summed E-state index contributed by atoms with van der Waals surface area (Å²) in [5.41, 5.74) is 6.00. The van der Waals surface area contributed by atoms with Crippen molar-refractivity contribution in [1.29, 1.82) is 0 Å². The Morgan fingerprint density at radius 3 is 1.87 bits per heavy atom. The van der Waals surface area contributed by atoms with Crippen LogP contribution in [0.3, 0.4) is 0 Å². The van der Waals surface area contributed by atoms with Gasteiger partial charge in [0.1, 0.15) is 0 Å². The molecule has 2 saturated carbocycles. The number of ether oxygens (including phenoxy) is 2. The molecule has 0 radical (unpaired) electrons. The molecule has 39 heavy (non-hydrogen) atoms. The van der Waals surface area contributed by atoms with Gasteiger partial charge in [-0.3, -0.25) is 0 Å². The first kappa shape index (κ1) is 27.5. The number of aromatic amines is 2. The normalized spacial score (nSPS) is 16.6. The maximum absolute atomic E-state index is 11.6. The number of carbonyl (C=O) groups is 2. The average Bonchev–Trinajstić information content (AvgIpc) is 3.56. The molecule has 0 amide bonds. The molecule has 7 heteroatoms. The molecule has 2 heterocycles. The molecular weight excluding hydrogens is 556 g/mol. The summed E-state index contributed by atoms with van der Waals surface area (Å²) in [6.45, 7) is 0. The number of benzene rings is 2. The fraction of sp³-hybridized carbons (Fsp3) is 0.438. The van der Waals surface area contributed by atoms with Gasteiger partial charge in [-0.25, -0.2) is 9.59 Å². The molecule has 0 aliphatic heterocycles. The van der Waals surface area contributed by atoms with Crippen LogP contribution in [-0.2, 0) is 9.47 Å². The lowest BCUT2D eigenvalue weighted by Gasteiger charge is -2.21. The van der Waals surface area contributed by atoms with Gasteiger partial charge in [-0.1, -0.05) is 50.7 Å². The van der Waals surface area contributed by atoms with Crippen LogP contribution in [0.1, 0.15) is 108 Å². The standard InChI is InChI=1S/C16H18BrNO2.C16H19NO2/c1-20-16(19)11-7-8-12-13(9-11)18-15(17)14(12)10-5-3-2-4-6-10;1-19-16(18)12-7-8-13-14(10-17-15(13)9-12)11-5-3-2-4-6-11/h7-10,18H,2-6H2,1H3;7-11,17H,2-6H2,1H3. The molecule has 0 bridgehead atoms. The third-order valence-corrected chi connectivity index (χ3v) is 9.03. The van der Waals surface area contributed by atoms with Gasteiger partial charge in [-0.05, 0) is 88.8 Å². The van der Waals surface area contributed by atoms with Crippen molar-refractivity contribution in [3.8, 4) is 0 Å². The minimum absolute atomic E-state index is 0.282. The monoisotopic (exact) mass is 592 g/mol. The van der Waals surface area contributed by atoms with Crippen LogP contribution in [0.15, 0.2) is 47.2 Å². The van der Waals surface area contributed by atoms with E-state index in [9.17, 15) is 9.59 Å². The fourth-order valence-corrected chi connectivity index (χ4v) is 7.12. The summed E-state index contributed by atoms with van der Waals surface area (Å²) in [4.78, 5) is 29.8. The van der Waals surface area contributed by atoms with E-state index >= 15 is 0 Å². The zero-order valence-electron chi connectivity index (χ0n) is 22.8. The molecule has 0 unspecified atom stereocenters. The minimum atomic E-state index is -0.295. The second kappa shape index (κ2) is 12.4. The molecule has 6 rings (SSSR count). The average molecular weight is 594 g/mol. The molecule has 2 aromatic heterocycles. The van der Waals surface area contributed by atoms with Crippen molar-refractivity contribution in [3.63, 3.8) is 0 Å². The molecular formula is C32H37BrN2O4. The summed E-state index contributed by atoms with van der Waals surface area (Å²) in [7, 11) is 2.82. The highest BCUT2D eigenvalue weighted by Gasteiger charge is 2.23. The first-order valence-corrected chi connectivity index (χ1v) is 14.9. The molecule has 6 nitrogen and oxygen atoms in total. The Morgan fingerprint density at radius 1 is 0.744 bits per heavy atom. The van der Waals surface area contributed by atoms with E-state index in [4.69, 9.17) is 9.47 Å². The zero-order valence-corrected chi connectivity index (χ0v) is 24.4. The molecule has 206 valence electrons. The highest BCUT2D eigenvalue weighted by atomic mass is 79.9. The second-order valence-corrected chi connectivity index (χ2v) is 11.6. The Labute approximate surface area is 238 Å². The number of rotatable bonds is 4. The zero-order chi connectivity index (χ0) is 27.4. The van der Waals surface area contributed by atoms with Gasteiger partial charge in [0.2, 0.25) is 0 Å². The lowest BCUT2D eigenvalue weighted by molar-refractivity contribution is 0.0592. The summed E-state index contributed by atoms with van der Waals surface area (Å²) >= 11 is 3.65. The number of halogens is 1. The van der Waals surface area contributed by atoms with Crippen LogP contribution in [0.25, 0.3) is 21.8 Å². The maximum Gasteiger partial charge on any atom is 0.337 e. The molecule has 2 fully saturated rings. The van der Waals surface area contributed by atoms with Gasteiger partial charge in [0.05, 0.1) is 29.9 Å². The predicted molar refractivity (Wildman–Crippen MR) is 159 cm³/mol. The van der Waals surface area contributed by atoms with Gasteiger partial charge in [0, 0.05) is 28.0 Å². The molecule has 2 aromatic carbocycles. The van der Waals surface area contributed by atoms with Crippen LogP contribution in [0.2, 0.25) is 0 Å². The van der Waals surface area contributed by atoms with Crippen molar-refractivity contribution in [2.75, 3.05) is 14.2 Å². The van der Waals surface area contributed by atoms with Crippen LogP contribution in [-0.4, -0.2) is 36.1 Å². The number of hydrogen-bond acceptors (Lipinski definition) is 4. The topological polar surface area (TPSA) is 84.2 Å². The summed E-state index contributed by atoms with van der Waals surface area (Å²) in [6.07, 6.45) is 15.2. The van der Waals surface area contributed by atoms with Crippen molar-refractivity contribution in [2.24, 2.45) is 0 Å². The number of esters is 2. The third-order valence-electron chi connectivity index (χ3n) is 8.40. The quantitative estimate of drug-likeness (QED) is 0.232. The van der Waals surface area contributed by atoms with Gasteiger partial charge >= 0.3 is 11.9 Å². The van der Waals surface area contributed by atoms with E-state index in [1.165, 1.54) is 100 Å². The van der Waals surface area contributed by atoms with E-state index < -0.39 is 0 Å². The molecule has 0 saturated heterocycles. The SMILES string of the molecule is COC(=O)c1ccc2c(C3CCCCC3)c(Br)[nH]c2c1.COC(=O)c1ccc2c(C3CCCCC3)c[nH]c2c1. The van der Waals surface area contributed by atoms with Crippen LogP contribution < -0.4 is 0 Å². The van der Waals surface area contributed by atoms with E-state index in [1.54, 1.807) is 0 Å². The Morgan fingerprint density at radius 2 is 1.28 bits per heavy atom. The second-order valence-electron chi connectivity index (χ2n) is 10.8. The van der Waals surface area contributed by atoms with Gasteiger partial charge < -0.3 is 19.4 Å². The molecule has 0 atom stereocenters. The van der Waals surface area contributed by atoms with E-state index in [2.05, 4.69) is 32.1 Å². The van der Waals surface area contributed by atoms with Gasteiger partial charge in [0.25, 0.3) is 0 Å². The van der Waals surface area contributed by atoms with Crippen LogP contribution in [0, 0.1) is 0 Å². The largest absolute Gasteiger partial charge is 0.465 e.